The number of benzene rings is 1. The molecule has 3 heterocycles. The van der Waals surface area contributed by atoms with Gasteiger partial charge in [0.1, 0.15) is 13.2 Å². The number of rotatable bonds is 6. The van der Waals surface area contributed by atoms with Crippen LogP contribution in [0.3, 0.4) is 0 Å². The molecule has 0 spiro atoms. The number of carbonyl (C=O) groups is 1. The monoisotopic (exact) mass is 441 g/mol. The summed E-state index contributed by atoms with van der Waals surface area (Å²) in [6, 6.07) is 5.71. The number of hydrogen-bond donors (Lipinski definition) is 1. The van der Waals surface area contributed by atoms with Gasteiger partial charge in [-0.15, -0.1) is 5.10 Å². The van der Waals surface area contributed by atoms with Crippen LogP contribution < -0.4 is 14.8 Å². The number of fused-ring (bicyclic) bond motifs is 2. The smallest absolute Gasteiger partial charge is 0.253 e. The Morgan fingerprint density at radius 2 is 1.94 bits per heavy atom. The van der Waals surface area contributed by atoms with E-state index in [0.717, 1.165) is 34.0 Å². The molecular formula is C22H27N5O3S. The number of aryl methyl sites for hydroxylation is 2. The Balaban J connectivity index is 1.56. The van der Waals surface area contributed by atoms with Crippen LogP contribution in [-0.4, -0.2) is 45.0 Å². The van der Waals surface area contributed by atoms with Gasteiger partial charge in [-0.25, -0.2) is 9.50 Å². The summed E-state index contributed by atoms with van der Waals surface area (Å²) in [5, 5.41) is 8.32. The fourth-order valence-corrected chi connectivity index (χ4v) is 4.14. The van der Waals surface area contributed by atoms with Gasteiger partial charge in [0.25, 0.3) is 5.78 Å². The predicted octanol–water partition coefficient (Wildman–Crippen LogP) is 3.29. The topological polar surface area (TPSA) is 90.6 Å². The Morgan fingerprint density at radius 1 is 1.19 bits per heavy atom. The molecule has 0 saturated heterocycles. The standard InChI is InChI=1S/C22H27N5O3S/c1-12(2)20(15-6-7-17-18(10-15)30-9-8-29-17)24-19(28)11-16-13(3)23-21-25-22(31-5)26-27(21)14(16)4/h6-7,10,12,20H,8-9,11H2,1-5H3,(H,24,28)/t20-/m0/s1. The van der Waals surface area contributed by atoms with Gasteiger partial charge in [0.05, 0.1) is 12.5 Å². The minimum Gasteiger partial charge on any atom is -0.486 e. The maximum atomic E-state index is 13.0. The molecule has 0 saturated carbocycles. The fraction of sp³-hybridized carbons (Fsp3) is 0.455. The van der Waals surface area contributed by atoms with E-state index in [4.69, 9.17) is 9.47 Å². The summed E-state index contributed by atoms with van der Waals surface area (Å²) in [6.07, 6.45) is 2.15. The molecule has 0 fully saturated rings. The lowest BCUT2D eigenvalue weighted by Gasteiger charge is -2.25. The van der Waals surface area contributed by atoms with E-state index in [2.05, 4.69) is 34.2 Å². The zero-order chi connectivity index (χ0) is 22.1. The van der Waals surface area contributed by atoms with E-state index in [-0.39, 0.29) is 24.3 Å². The Hall–Kier alpha value is -2.81. The first-order valence-corrected chi connectivity index (χ1v) is 11.6. The molecule has 31 heavy (non-hydrogen) atoms. The van der Waals surface area contributed by atoms with Gasteiger partial charge >= 0.3 is 0 Å². The number of aromatic nitrogens is 4. The Kier molecular flexibility index (Phi) is 6.04. The van der Waals surface area contributed by atoms with Crippen LogP contribution in [0.4, 0.5) is 0 Å². The third-order valence-corrected chi connectivity index (χ3v) is 6.00. The first kappa shape index (κ1) is 21.4. The summed E-state index contributed by atoms with van der Waals surface area (Å²) in [4.78, 5) is 22.0. The van der Waals surface area contributed by atoms with Crippen LogP contribution in [0.1, 0.15) is 42.4 Å². The van der Waals surface area contributed by atoms with Crippen LogP contribution in [0.2, 0.25) is 0 Å². The molecule has 0 bridgehead atoms. The van der Waals surface area contributed by atoms with Crippen LogP contribution in [0, 0.1) is 19.8 Å². The Morgan fingerprint density at radius 3 is 2.65 bits per heavy atom. The maximum Gasteiger partial charge on any atom is 0.253 e. The van der Waals surface area contributed by atoms with E-state index < -0.39 is 0 Å². The average Bonchev–Trinajstić information content (AvgIpc) is 3.17. The molecule has 1 N–H and O–H groups in total. The normalized spacial score (nSPS) is 14.1. The molecule has 1 atom stereocenters. The van der Waals surface area contributed by atoms with Crippen molar-refractivity contribution in [1.29, 1.82) is 0 Å². The third kappa shape index (κ3) is 4.32. The predicted molar refractivity (Wildman–Crippen MR) is 119 cm³/mol. The van der Waals surface area contributed by atoms with E-state index >= 15 is 0 Å². The van der Waals surface area contributed by atoms with Gasteiger partial charge in [-0.05, 0) is 43.7 Å². The lowest BCUT2D eigenvalue weighted by molar-refractivity contribution is -0.121. The van der Waals surface area contributed by atoms with E-state index in [9.17, 15) is 4.79 Å². The fourth-order valence-electron chi connectivity index (χ4n) is 3.81. The third-order valence-electron chi connectivity index (χ3n) is 5.46. The molecule has 8 nitrogen and oxygen atoms in total. The Labute approximate surface area is 185 Å². The molecule has 1 amide bonds. The largest absolute Gasteiger partial charge is 0.486 e. The van der Waals surface area contributed by atoms with Crippen molar-refractivity contribution < 1.29 is 14.3 Å². The van der Waals surface area contributed by atoms with Crippen LogP contribution in [0.25, 0.3) is 5.78 Å². The summed E-state index contributed by atoms with van der Waals surface area (Å²) in [6.45, 7) is 9.12. The zero-order valence-electron chi connectivity index (χ0n) is 18.4. The van der Waals surface area contributed by atoms with Crippen LogP contribution in [0.5, 0.6) is 11.5 Å². The SMILES string of the molecule is CSc1nc2nc(C)c(CC(=O)N[C@H](c3ccc4c(c3)OCCO4)C(C)C)c(C)n2n1. The summed E-state index contributed by atoms with van der Waals surface area (Å²) < 4.78 is 13.0. The summed E-state index contributed by atoms with van der Waals surface area (Å²) in [5.74, 6) is 2.16. The first-order chi connectivity index (χ1) is 14.9. The molecule has 4 rings (SSSR count). The van der Waals surface area contributed by atoms with Gasteiger partial charge in [-0.2, -0.15) is 4.98 Å². The molecule has 0 aliphatic carbocycles. The quantitative estimate of drug-likeness (QED) is 0.587. The second-order valence-corrected chi connectivity index (χ2v) is 8.71. The van der Waals surface area contributed by atoms with Crippen LogP contribution >= 0.6 is 11.8 Å². The second kappa shape index (κ2) is 8.74. The molecule has 2 aromatic heterocycles. The number of nitrogens with zero attached hydrogens (tertiary/aromatic N) is 4. The van der Waals surface area contributed by atoms with Crippen LogP contribution in [0.15, 0.2) is 23.4 Å². The van der Waals surface area contributed by atoms with E-state index in [1.54, 1.807) is 4.52 Å². The van der Waals surface area contributed by atoms with Crippen molar-refractivity contribution in [2.45, 2.75) is 45.3 Å². The second-order valence-electron chi connectivity index (χ2n) is 7.94. The average molecular weight is 442 g/mol. The summed E-state index contributed by atoms with van der Waals surface area (Å²) >= 11 is 1.47. The zero-order valence-corrected chi connectivity index (χ0v) is 19.2. The highest BCUT2D eigenvalue weighted by atomic mass is 32.2. The van der Waals surface area contributed by atoms with E-state index in [1.807, 2.05) is 38.3 Å². The summed E-state index contributed by atoms with van der Waals surface area (Å²) in [7, 11) is 0. The maximum absolute atomic E-state index is 13.0. The number of amides is 1. The number of nitrogens with one attached hydrogen (secondary N) is 1. The minimum absolute atomic E-state index is 0.0638. The molecule has 164 valence electrons. The van der Waals surface area contributed by atoms with Gasteiger partial charge in [-0.3, -0.25) is 4.79 Å². The molecular weight excluding hydrogens is 414 g/mol. The van der Waals surface area contributed by atoms with Crippen molar-refractivity contribution in [1.82, 2.24) is 24.9 Å². The highest BCUT2D eigenvalue weighted by molar-refractivity contribution is 7.98. The molecule has 1 aromatic carbocycles. The van der Waals surface area contributed by atoms with E-state index in [0.29, 0.717) is 24.1 Å². The highest BCUT2D eigenvalue weighted by Gasteiger charge is 2.23. The van der Waals surface area contributed by atoms with Crippen LogP contribution in [-0.2, 0) is 11.2 Å². The van der Waals surface area contributed by atoms with Gasteiger partial charge in [0.2, 0.25) is 11.1 Å². The molecule has 1 aliphatic rings. The van der Waals surface area contributed by atoms with E-state index in [1.165, 1.54) is 11.8 Å². The highest BCUT2D eigenvalue weighted by Crippen LogP contribution is 2.34. The van der Waals surface area contributed by atoms with Crippen molar-refractivity contribution >= 4 is 23.4 Å². The minimum atomic E-state index is -0.143. The lowest BCUT2D eigenvalue weighted by atomic mass is 9.95. The Bertz CT molecular complexity index is 1130. The molecule has 3 aromatic rings. The lowest BCUT2D eigenvalue weighted by Crippen LogP contribution is -2.33. The van der Waals surface area contributed by atoms with Gasteiger partial charge < -0.3 is 14.8 Å². The van der Waals surface area contributed by atoms with Crippen molar-refractivity contribution in [2.75, 3.05) is 19.5 Å². The molecule has 0 unspecified atom stereocenters. The molecule has 1 aliphatic heterocycles. The van der Waals surface area contributed by atoms with Crippen molar-refractivity contribution in [3.8, 4) is 11.5 Å². The van der Waals surface area contributed by atoms with Gasteiger partial charge in [0.15, 0.2) is 11.5 Å². The number of ether oxygens (including phenoxy) is 2. The van der Waals surface area contributed by atoms with Crippen molar-refractivity contribution in [2.24, 2.45) is 5.92 Å². The molecule has 0 radical (unpaired) electrons. The number of thioether (sulfide) groups is 1. The first-order valence-electron chi connectivity index (χ1n) is 10.3. The molecule has 9 heteroatoms. The number of hydrogen-bond acceptors (Lipinski definition) is 7. The summed E-state index contributed by atoms with van der Waals surface area (Å²) in [5.41, 5.74) is 3.54. The van der Waals surface area contributed by atoms with Gasteiger partial charge in [0, 0.05) is 17.0 Å². The van der Waals surface area contributed by atoms with Gasteiger partial charge in [-0.1, -0.05) is 31.7 Å². The van der Waals surface area contributed by atoms with Crippen molar-refractivity contribution in [3.63, 3.8) is 0 Å². The number of carbonyl (C=O) groups excluding carboxylic acids is 1. The van der Waals surface area contributed by atoms with Crippen molar-refractivity contribution in [3.05, 3.63) is 40.7 Å².